The zero-order valence-corrected chi connectivity index (χ0v) is 17.5. The summed E-state index contributed by atoms with van der Waals surface area (Å²) < 4.78 is 17.8. The Morgan fingerprint density at radius 2 is 1.66 bits per heavy atom. The van der Waals surface area contributed by atoms with Crippen LogP contribution in [0.3, 0.4) is 0 Å². The molecular formula is C22H26N4O2S. The zero-order valence-electron chi connectivity index (χ0n) is 16.7. The number of aryl methyl sites for hydroxylation is 1. The fourth-order valence-corrected chi connectivity index (χ4v) is 4.52. The summed E-state index contributed by atoms with van der Waals surface area (Å²) in [6, 6.07) is 17.8. The van der Waals surface area contributed by atoms with Crippen molar-refractivity contribution in [2.45, 2.75) is 18.4 Å². The third-order valence-corrected chi connectivity index (χ3v) is 6.55. The summed E-state index contributed by atoms with van der Waals surface area (Å²) in [4.78, 5) is 10.2. The normalized spacial score (nSPS) is 16.7. The van der Waals surface area contributed by atoms with Gasteiger partial charge in [-0.05, 0) is 19.1 Å². The number of hydrogen-bond donors (Lipinski definition) is 0. The fraction of sp³-hybridized carbons (Fsp3) is 0.364. The van der Waals surface area contributed by atoms with Crippen LogP contribution in [-0.4, -0.2) is 62.6 Å². The molecule has 0 radical (unpaired) electrons. The summed E-state index contributed by atoms with van der Waals surface area (Å²) in [5.41, 5.74) is 2.18. The van der Waals surface area contributed by atoms with Gasteiger partial charge in [-0.3, -0.25) is 14.0 Å². The van der Waals surface area contributed by atoms with Crippen LogP contribution in [0.15, 0.2) is 64.0 Å². The second-order valence-electron chi connectivity index (χ2n) is 7.36. The summed E-state index contributed by atoms with van der Waals surface area (Å²) in [5, 5.41) is 4.12. The summed E-state index contributed by atoms with van der Waals surface area (Å²) in [6.45, 7) is 7.40. The van der Waals surface area contributed by atoms with Crippen LogP contribution in [-0.2, 0) is 17.3 Å². The highest BCUT2D eigenvalue weighted by molar-refractivity contribution is 7.85. The third kappa shape index (κ3) is 5.38. The molecule has 2 aromatic carbocycles. The van der Waals surface area contributed by atoms with E-state index in [1.165, 1.54) is 5.56 Å². The molecule has 6 nitrogen and oxygen atoms in total. The molecule has 1 unspecified atom stereocenters. The van der Waals surface area contributed by atoms with Gasteiger partial charge in [0.2, 0.25) is 11.7 Å². The average Bonchev–Trinajstić information content (AvgIpc) is 3.22. The van der Waals surface area contributed by atoms with Crippen molar-refractivity contribution in [3.05, 3.63) is 66.1 Å². The van der Waals surface area contributed by atoms with Crippen molar-refractivity contribution in [2.75, 3.05) is 38.5 Å². The van der Waals surface area contributed by atoms with Crippen LogP contribution < -0.4 is 0 Å². The van der Waals surface area contributed by atoms with Crippen molar-refractivity contribution in [1.29, 1.82) is 0 Å². The van der Waals surface area contributed by atoms with Gasteiger partial charge in [-0.25, -0.2) is 0 Å². The molecule has 3 aromatic rings. The molecule has 7 heteroatoms. The Hall–Kier alpha value is -2.35. The van der Waals surface area contributed by atoms with Crippen LogP contribution in [0.25, 0.3) is 11.4 Å². The number of rotatable bonds is 7. The monoisotopic (exact) mass is 410 g/mol. The van der Waals surface area contributed by atoms with Crippen LogP contribution in [0.1, 0.15) is 11.5 Å². The van der Waals surface area contributed by atoms with Gasteiger partial charge in [0.05, 0.1) is 17.3 Å². The molecule has 1 aromatic heterocycles. The van der Waals surface area contributed by atoms with Crippen molar-refractivity contribution < 1.29 is 8.73 Å². The zero-order chi connectivity index (χ0) is 20.1. The van der Waals surface area contributed by atoms with Crippen molar-refractivity contribution in [3.8, 4) is 11.4 Å². The fourth-order valence-electron chi connectivity index (χ4n) is 3.40. The van der Waals surface area contributed by atoms with Crippen LogP contribution in [0.5, 0.6) is 0 Å². The third-order valence-electron chi connectivity index (χ3n) is 5.20. The Bertz CT molecular complexity index is 935. The second kappa shape index (κ2) is 9.43. The highest BCUT2D eigenvalue weighted by Crippen LogP contribution is 2.17. The lowest BCUT2D eigenvalue weighted by Crippen LogP contribution is -2.46. The maximum Gasteiger partial charge on any atom is 0.241 e. The topological polar surface area (TPSA) is 62.5 Å². The molecular weight excluding hydrogens is 384 g/mol. The van der Waals surface area contributed by atoms with Crippen molar-refractivity contribution in [2.24, 2.45) is 0 Å². The van der Waals surface area contributed by atoms with E-state index in [4.69, 9.17) is 4.52 Å². The van der Waals surface area contributed by atoms with E-state index in [2.05, 4.69) is 39.0 Å². The lowest BCUT2D eigenvalue weighted by molar-refractivity contribution is 0.121. The van der Waals surface area contributed by atoms with Crippen LogP contribution >= 0.6 is 0 Å². The van der Waals surface area contributed by atoms with E-state index in [1.54, 1.807) is 0 Å². The Balaban J connectivity index is 1.23. The van der Waals surface area contributed by atoms with E-state index in [-0.39, 0.29) is 0 Å². The van der Waals surface area contributed by atoms with E-state index in [9.17, 15) is 4.21 Å². The van der Waals surface area contributed by atoms with Gasteiger partial charge in [0, 0.05) is 48.9 Å². The first-order valence-corrected chi connectivity index (χ1v) is 11.3. The van der Waals surface area contributed by atoms with Crippen LogP contribution in [0.2, 0.25) is 0 Å². The lowest BCUT2D eigenvalue weighted by Gasteiger charge is -2.33. The summed E-state index contributed by atoms with van der Waals surface area (Å²) in [5.74, 6) is 1.97. The van der Waals surface area contributed by atoms with E-state index >= 15 is 0 Å². The number of nitrogens with zero attached hydrogens (tertiary/aromatic N) is 4. The minimum absolute atomic E-state index is 0.641. The van der Waals surface area contributed by atoms with E-state index in [1.807, 2.05) is 42.5 Å². The van der Waals surface area contributed by atoms with Crippen molar-refractivity contribution in [3.63, 3.8) is 0 Å². The van der Waals surface area contributed by atoms with Gasteiger partial charge in [0.1, 0.15) is 0 Å². The van der Waals surface area contributed by atoms with Crippen LogP contribution in [0.4, 0.5) is 0 Å². The number of hydrogen-bond acceptors (Lipinski definition) is 6. The molecule has 0 spiro atoms. The van der Waals surface area contributed by atoms with E-state index in [0.29, 0.717) is 24.0 Å². The molecule has 0 bridgehead atoms. The second-order valence-corrected chi connectivity index (χ2v) is 8.93. The molecule has 0 N–H and O–H groups in total. The maximum atomic E-state index is 12.4. The Labute approximate surface area is 174 Å². The Morgan fingerprint density at radius 3 is 2.38 bits per heavy atom. The van der Waals surface area contributed by atoms with Crippen molar-refractivity contribution in [1.82, 2.24) is 19.9 Å². The molecule has 2 heterocycles. The molecule has 4 rings (SSSR count). The molecule has 0 aliphatic carbocycles. The quantitative estimate of drug-likeness (QED) is 0.597. The number of aromatic nitrogens is 2. The molecule has 1 saturated heterocycles. The number of benzene rings is 2. The maximum absolute atomic E-state index is 12.4. The van der Waals surface area contributed by atoms with Gasteiger partial charge in [0.15, 0.2) is 0 Å². The molecule has 1 atom stereocenters. The molecule has 0 amide bonds. The van der Waals surface area contributed by atoms with Gasteiger partial charge in [-0.2, -0.15) is 4.98 Å². The molecule has 1 fully saturated rings. The van der Waals surface area contributed by atoms with Gasteiger partial charge < -0.3 is 4.52 Å². The molecule has 1 aliphatic heterocycles. The first-order valence-electron chi connectivity index (χ1n) is 9.95. The van der Waals surface area contributed by atoms with Crippen LogP contribution in [0, 0.1) is 6.92 Å². The molecule has 152 valence electrons. The Morgan fingerprint density at radius 1 is 0.966 bits per heavy atom. The van der Waals surface area contributed by atoms with Gasteiger partial charge in [-0.15, -0.1) is 0 Å². The standard InChI is InChI=1S/C22H26N4O2S/c1-18-7-9-19(10-8-18)22-23-21(28-24-22)17-26-13-11-25(12-14-26)15-16-29(27)20-5-3-2-4-6-20/h2-10H,11-17H2,1H3. The largest absolute Gasteiger partial charge is 0.338 e. The SMILES string of the molecule is Cc1ccc(-c2noc(CN3CCN(CCS(=O)c4ccccc4)CC3)n2)cc1. The van der Waals surface area contributed by atoms with Crippen molar-refractivity contribution >= 4 is 10.8 Å². The van der Waals surface area contributed by atoms with Gasteiger partial charge in [0.25, 0.3) is 0 Å². The van der Waals surface area contributed by atoms with Gasteiger partial charge in [-0.1, -0.05) is 53.2 Å². The molecule has 0 saturated carbocycles. The summed E-state index contributed by atoms with van der Waals surface area (Å²) >= 11 is 0. The highest BCUT2D eigenvalue weighted by atomic mass is 32.2. The average molecular weight is 411 g/mol. The summed E-state index contributed by atoms with van der Waals surface area (Å²) in [7, 11) is -0.931. The first-order chi connectivity index (χ1) is 14.2. The summed E-state index contributed by atoms with van der Waals surface area (Å²) in [6.07, 6.45) is 0. The van der Waals surface area contributed by atoms with Gasteiger partial charge >= 0.3 is 0 Å². The minimum atomic E-state index is -0.931. The smallest absolute Gasteiger partial charge is 0.241 e. The molecule has 29 heavy (non-hydrogen) atoms. The first kappa shape index (κ1) is 19.9. The van der Waals surface area contributed by atoms with E-state index in [0.717, 1.165) is 43.2 Å². The minimum Gasteiger partial charge on any atom is -0.338 e. The Kier molecular flexibility index (Phi) is 6.49. The number of piperazine rings is 1. The van der Waals surface area contributed by atoms with E-state index < -0.39 is 10.8 Å². The predicted octanol–water partition coefficient (Wildman–Crippen LogP) is 2.97. The lowest BCUT2D eigenvalue weighted by atomic mass is 10.1. The molecule has 1 aliphatic rings. The predicted molar refractivity (Wildman–Crippen MR) is 114 cm³/mol. The highest BCUT2D eigenvalue weighted by Gasteiger charge is 2.20.